The maximum absolute atomic E-state index is 6.33. The van der Waals surface area contributed by atoms with Crippen LogP contribution in [-0.4, -0.2) is 19.5 Å². The van der Waals surface area contributed by atoms with Gasteiger partial charge in [-0.1, -0.05) is 18.0 Å². The molecule has 0 aliphatic heterocycles. The molecule has 0 radical (unpaired) electrons. The molecule has 0 saturated heterocycles. The van der Waals surface area contributed by atoms with Gasteiger partial charge in [-0.3, -0.25) is 4.40 Å². The Morgan fingerprint density at radius 1 is 1.35 bits per heavy atom. The van der Waals surface area contributed by atoms with Gasteiger partial charge in [-0.15, -0.1) is 11.3 Å². The van der Waals surface area contributed by atoms with Crippen molar-refractivity contribution in [3.63, 3.8) is 0 Å². The van der Waals surface area contributed by atoms with Gasteiger partial charge in [-0.2, -0.15) is 4.98 Å². The Morgan fingerprint density at radius 3 is 3.00 bits per heavy atom. The molecule has 6 nitrogen and oxygen atoms in total. The highest BCUT2D eigenvalue weighted by Gasteiger charge is 2.35. The summed E-state index contributed by atoms with van der Waals surface area (Å²) in [7, 11) is 0. The van der Waals surface area contributed by atoms with Crippen molar-refractivity contribution in [3.8, 4) is 0 Å². The quantitative estimate of drug-likeness (QED) is 0.798. The van der Waals surface area contributed by atoms with Crippen molar-refractivity contribution in [3.05, 3.63) is 35.2 Å². The predicted molar refractivity (Wildman–Crippen MR) is 74.5 cm³/mol. The van der Waals surface area contributed by atoms with Gasteiger partial charge in [0.1, 0.15) is 0 Å². The number of hydrogen-bond acceptors (Lipinski definition) is 6. The lowest BCUT2D eigenvalue weighted by Gasteiger charge is -2.17. The Balaban J connectivity index is 1.57. The van der Waals surface area contributed by atoms with Crippen LogP contribution in [0, 0.1) is 0 Å². The van der Waals surface area contributed by atoms with Gasteiger partial charge < -0.3 is 10.3 Å². The van der Waals surface area contributed by atoms with E-state index < -0.39 is 5.54 Å². The molecule has 2 N–H and O–H groups in total. The molecule has 1 aliphatic carbocycles. The van der Waals surface area contributed by atoms with Gasteiger partial charge in [-0.05, 0) is 12.8 Å². The first-order valence-electron chi connectivity index (χ1n) is 6.76. The average Bonchev–Trinajstić information content (AvgIpc) is 3.12. The largest absolute Gasteiger partial charge is 0.339 e. The predicted octanol–water partition coefficient (Wildman–Crippen LogP) is 2.10. The summed E-state index contributed by atoms with van der Waals surface area (Å²) < 4.78 is 7.33. The van der Waals surface area contributed by atoms with Crippen LogP contribution in [0.3, 0.4) is 0 Å². The number of fused-ring (bicyclic) bond motifs is 1. The third-order valence-corrected chi connectivity index (χ3v) is 4.66. The van der Waals surface area contributed by atoms with Crippen molar-refractivity contribution in [2.75, 3.05) is 0 Å². The molecule has 3 heterocycles. The molecule has 0 bridgehead atoms. The number of thiazole rings is 1. The van der Waals surface area contributed by atoms with Crippen molar-refractivity contribution in [2.45, 2.75) is 37.6 Å². The van der Waals surface area contributed by atoms with Crippen LogP contribution in [0.2, 0.25) is 0 Å². The second kappa shape index (κ2) is 4.39. The van der Waals surface area contributed by atoms with E-state index in [9.17, 15) is 0 Å². The van der Waals surface area contributed by atoms with Crippen LogP contribution in [0.25, 0.3) is 4.96 Å². The SMILES string of the molecule is NC1(c2noc(Cc3cn4ccsc4n3)n2)CCCC1. The number of rotatable bonds is 3. The van der Waals surface area contributed by atoms with Gasteiger partial charge >= 0.3 is 0 Å². The van der Waals surface area contributed by atoms with Gasteiger partial charge in [0.2, 0.25) is 5.89 Å². The van der Waals surface area contributed by atoms with Crippen molar-refractivity contribution in [1.82, 2.24) is 19.5 Å². The summed E-state index contributed by atoms with van der Waals surface area (Å²) in [4.78, 5) is 9.96. The third-order valence-electron chi connectivity index (χ3n) is 3.88. The van der Waals surface area contributed by atoms with E-state index in [4.69, 9.17) is 10.3 Å². The minimum atomic E-state index is -0.393. The number of imidazole rings is 1. The molecule has 3 aromatic rings. The molecule has 4 rings (SSSR count). The van der Waals surface area contributed by atoms with Gasteiger partial charge in [0.25, 0.3) is 0 Å². The van der Waals surface area contributed by atoms with E-state index in [0.29, 0.717) is 18.1 Å². The van der Waals surface area contributed by atoms with Crippen LogP contribution in [0.4, 0.5) is 0 Å². The van der Waals surface area contributed by atoms with Crippen LogP contribution in [0.5, 0.6) is 0 Å². The molecule has 0 amide bonds. The minimum absolute atomic E-state index is 0.393. The monoisotopic (exact) mass is 289 g/mol. The highest BCUT2D eigenvalue weighted by Crippen LogP contribution is 2.34. The third kappa shape index (κ3) is 1.94. The first-order chi connectivity index (χ1) is 9.73. The molecule has 1 saturated carbocycles. The maximum Gasteiger partial charge on any atom is 0.232 e. The molecule has 0 unspecified atom stereocenters. The lowest BCUT2D eigenvalue weighted by atomic mass is 9.99. The molecule has 0 spiro atoms. The Hall–Kier alpha value is -1.73. The van der Waals surface area contributed by atoms with Crippen molar-refractivity contribution in [1.29, 1.82) is 0 Å². The van der Waals surface area contributed by atoms with E-state index >= 15 is 0 Å². The first-order valence-corrected chi connectivity index (χ1v) is 7.64. The van der Waals surface area contributed by atoms with Gasteiger partial charge in [-0.25, -0.2) is 4.98 Å². The molecule has 0 atom stereocenters. The smallest absolute Gasteiger partial charge is 0.232 e. The molecular formula is C13H15N5OS. The van der Waals surface area contributed by atoms with E-state index in [-0.39, 0.29) is 0 Å². The van der Waals surface area contributed by atoms with E-state index in [1.807, 2.05) is 22.2 Å². The summed E-state index contributed by atoms with van der Waals surface area (Å²) in [6, 6.07) is 0. The van der Waals surface area contributed by atoms with Crippen LogP contribution in [0.1, 0.15) is 43.1 Å². The van der Waals surface area contributed by atoms with Crippen LogP contribution in [-0.2, 0) is 12.0 Å². The fourth-order valence-electron chi connectivity index (χ4n) is 2.77. The van der Waals surface area contributed by atoms with Crippen LogP contribution >= 0.6 is 11.3 Å². The van der Waals surface area contributed by atoms with E-state index in [0.717, 1.165) is 36.3 Å². The summed E-state index contributed by atoms with van der Waals surface area (Å²) in [6.07, 6.45) is 8.68. The summed E-state index contributed by atoms with van der Waals surface area (Å²) in [5.74, 6) is 1.23. The van der Waals surface area contributed by atoms with Gasteiger partial charge in [0, 0.05) is 17.8 Å². The van der Waals surface area contributed by atoms with E-state index in [2.05, 4.69) is 15.1 Å². The standard InChI is InChI=1S/C13H15N5OS/c14-13(3-1-2-4-13)11-16-10(19-17-11)7-9-8-18-5-6-20-12(18)15-9/h5-6,8H,1-4,7,14H2. The summed E-state index contributed by atoms with van der Waals surface area (Å²) in [5, 5.41) is 6.07. The lowest BCUT2D eigenvalue weighted by molar-refractivity contribution is 0.352. The molecular weight excluding hydrogens is 274 g/mol. The molecule has 7 heteroatoms. The van der Waals surface area contributed by atoms with Crippen LogP contribution < -0.4 is 5.73 Å². The second-order valence-corrected chi connectivity index (χ2v) is 6.25. The number of aromatic nitrogens is 4. The van der Waals surface area contributed by atoms with E-state index in [1.165, 1.54) is 0 Å². The molecule has 0 aromatic carbocycles. The zero-order valence-electron chi connectivity index (χ0n) is 11.0. The zero-order chi connectivity index (χ0) is 13.6. The molecule has 1 fully saturated rings. The highest BCUT2D eigenvalue weighted by molar-refractivity contribution is 7.15. The second-order valence-electron chi connectivity index (χ2n) is 5.38. The van der Waals surface area contributed by atoms with E-state index in [1.54, 1.807) is 11.3 Å². The summed E-state index contributed by atoms with van der Waals surface area (Å²) in [5.41, 5.74) is 6.87. The fraction of sp³-hybridized carbons (Fsp3) is 0.462. The Kier molecular flexibility index (Phi) is 2.64. The Bertz CT molecular complexity index is 708. The zero-order valence-corrected chi connectivity index (χ0v) is 11.8. The molecule has 1 aliphatic rings. The fourth-order valence-corrected chi connectivity index (χ4v) is 3.49. The summed E-state index contributed by atoms with van der Waals surface area (Å²) in [6.45, 7) is 0. The summed E-state index contributed by atoms with van der Waals surface area (Å²) >= 11 is 1.61. The lowest BCUT2D eigenvalue weighted by Crippen LogP contribution is -2.34. The number of nitrogens with zero attached hydrogens (tertiary/aromatic N) is 4. The topological polar surface area (TPSA) is 82.2 Å². The van der Waals surface area contributed by atoms with Gasteiger partial charge in [0.05, 0.1) is 17.7 Å². The highest BCUT2D eigenvalue weighted by atomic mass is 32.1. The van der Waals surface area contributed by atoms with Crippen molar-refractivity contribution >= 4 is 16.3 Å². The van der Waals surface area contributed by atoms with Crippen molar-refractivity contribution < 1.29 is 4.52 Å². The average molecular weight is 289 g/mol. The molecule has 104 valence electrons. The first kappa shape index (κ1) is 12.0. The molecule has 20 heavy (non-hydrogen) atoms. The Morgan fingerprint density at radius 2 is 2.20 bits per heavy atom. The number of nitrogens with two attached hydrogens (primary N) is 1. The molecule has 3 aromatic heterocycles. The van der Waals surface area contributed by atoms with Gasteiger partial charge in [0.15, 0.2) is 10.8 Å². The van der Waals surface area contributed by atoms with Crippen molar-refractivity contribution in [2.24, 2.45) is 5.73 Å². The normalized spacial score (nSPS) is 18.1. The van der Waals surface area contributed by atoms with Crippen LogP contribution in [0.15, 0.2) is 22.3 Å². The number of hydrogen-bond donors (Lipinski definition) is 1. The minimum Gasteiger partial charge on any atom is -0.339 e. The maximum atomic E-state index is 6.33. The Labute approximate surface area is 119 Å².